The minimum atomic E-state index is -0.321. The van der Waals surface area contributed by atoms with E-state index < -0.39 is 0 Å². The quantitative estimate of drug-likeness (QED) is 0.638. The molecule has 0 aliphatic rings. The lowest BCUT2D eigenvalue weighted by atomic mass is 10.2. The maximum absolute atomic E-state index is 12.8. The SMILES string of the molecule is O=C(/C=C/c1ccc(F)cc1)Nc1nnc(-c2ccc(Br)cc2)s1. The number of carbonyl (C=O) groups is 1. The Labute approximate surface area is 150 Å². The van der Waals surface area contributed by atoms with Crippen LogP contribution in [-0.2, 0) is 4.79 Å². The van der Waals surface area contributed by atoms with Crippen molar-refractivity contribution in [3.63, 3.8) is 0 Å². The second-order valence-corrected chi connectivity index (χ2v) is 6.69. The minimum Gasteiger partial charge on any atom is -0.297 e. The molecule has 1 amide bonds. The number of amides is 1. The van der Waals surface area contributed by atoms with Crippen molar-refractivity contribution >= 4 is 44.4 Å². The molecular formula is C17H11BrFN3OS. The van der Waals surface area contributed by atoms with Gasteiger partial charge in [-0.15, -0.1) is 10.2 Å². The first-order valence-corrected chi connectivity index (χ1v) is 8.55. The molecule has 0 bridgehead atoms. The summed E-state index contributed by atoms with van der Waals surface area (Å²) in [5, 5.41) is 11.8. The van der Waals surface area contributed by atoms with Crippen LogP contribution in [0.3, 0.4) is 0 Å². The fourth-order valence-corrected chi connectivity index (χ4v) is 2.89. The number of halogens is 2. The number of anilines is 1. The molecule has 0 saturated carbocycles. The van der Waals surface area contributed by atoms with Gasteiger partial charge in [-0.25, -0.2) is 4.39 Å². The highest BCUT2D eigenvalue weighted by Crippen LogP contribution is 2.27. The first-order chi connectivity index (χ1) is 11.6. The van der Waals surface area contributed by atoms with Gasteiger partial charge in [-0.3, -0.25) is 10.1 Å². The summed E-state index contributed by atoms with van der Waals surface area (Å²) >= 11 is 4.67. The van der Waals surface area contributed by atoms with Crippen LogP contribution in [0.5, 0.6) is 0 Å². The second-order valence-electron chi connectivity index (χ2n) is 4.79. The van der Waals surface area contributed by atoms with Gasteiger partial charge in [0.15, 0.2) is 0 Å². The summed E-state index contributed by atoms with van der Waals surface area (Å²) in [4.78, 5) is 11.9. The first kappa shape index (κ1) is 16.5. The number of nitrogens with zero attached hydrogens (tertiary/aromatic N) is 2. The van der Waals surface area contributed by atoms with Crippen LogP contribution in [0.15, 0.2) is 59.1 Å². The van der Waals surface area contributed by atoms with Crippen LogP contribution in [0.2, 0.25) is 0 Å². The number of nitrogens with one attached hydrogen (secondary N) is 1. The van der Waals surface area contributed by atoms with Crippen molar-refractivity contribution < 1.29 is 9.18 Å². The van der Waals surface area contributed by atoms with Gasteiger partial charge in [-0.1, -0.05) is 51.5 Å². The Balaban J connectivity index is 1.64. The van der Waals surface area contributed by atoms with Crippen LogP contribution >= 0.6 is 27.3 Å². The number of carbonyl (C=O) groups excluding carboxylic acids is 1. The van der Waals surface area contributed by atoms with E-state index in [1.807, 2.05) is 24.3 Å². The van der Waals surface area contributed by atoms with E-state index in [-0.39, 0.29) is 11.7 Å². The molecule has 0 radical (unpaired) electrons. The Kier molecular flexibility index (Phi) is 5.12. The molecule has 0 aliphatic carbocycles. The second kappa shape index (κ2) is 7.46. The van der Waals surface area contributed by atoms with Crippen LogP contribution in [0.4, 0.5) is 9.52 Å². The smallest absolute Gasteiger partial charge is 0.250 e. The van der Waals surface area contributed by atoms with Gasteiger partial charge < -0.3 is 0 Å². The maximum atomic E-state index is 12.8. The Hall–Kier alpha value is -2.38. The Bertz CT molecular complexity index is 876. The van der Waals surface area contributed by atoms with E-state index >= 15 is 0 Å². The van der Waals surface area contributed by atoms with E-state index in [0.29, 0.717) is 5.13 Å². The molecule has 0 saturated heterocycles. The van der Waals surface area contributed by atoms with Crippen LogP contribution < -0.4 is 5.32 Å². The average molecular weight is 404 g/mol. The summed E-state index contributed by atoms with van der Waals surface area (Å²) in [6, 6.07) is 13.5. The zero-order chi connectivity index (χ0) is 16.9. The number of hydrogen-bond acceptors (Lipinski definition) is 4. The van der Waals surface area contributed by atoms with Gasteiger partial charge >= 0.3 is 0 Å². The predicted molar refractivity (Wildman–Crippen MR) is 97.1 cm³/mol. The number of benzene rings is 2. The molecule has 2 aromatic carbocycles. The van der Waals surface area contributed by atoms with Crippen LogP contribution in [0.1, 0.15) is 5.56 Å². The van der Waals surface area contributed by atoms with Crippen molar-refractivity contribution in [2.45, 2.75) is 0 Å². The third-order valence-electron chi connectivity index (χ3n) is 3.04. The Morgan fingerprint density at radius 2 is 1.79 bits per heavy atom. The molecule has 1 heterocycles. The molecule has 0 fully saturated rings. The van der Waals surface area contributed by atoms with Crippen LogP contribution in [0.25, 0.3) is 16.6 Å². The van der Waals surface area contributed by atoms with Gasteiger partial charge in [0.05, 0.1) is 0 Å². The average Bonchev–Trinajstić information content (AvgIpc) is 3.03. The molecule has 0 aliphatic heterocycles. The highest BCUT2D eigenvalue weighted by Gasteiger charge is 2.08. The van der Waals surface area contributed by atoms with Gasteiger partial charge in [-0.2, -0.15) is 0 Å². The van der Waals surface area contributed by atoms with Crippen LogP contribution in [0, 0.1) is 5.82 Å². The van der Waals surface area contributed by atoms with E-state index in [1.165, 1.54) is 29.5 Å². The topological polar surface area (TPSA) is 54.9 Å². The van der Waals surface area contributed by atoms with E-state index in [2.05, 4.69) is 31.4 Å². The third kappa shape index (κ3) is 4.33. The molecule has 1 N–H and O–H groups in total. The lowest BCUT2D eigenvalue weighted by molar-refractivity contribution is -0.111. The van der Waals surface area contributed by atoms with Gasteiger partial charge in [0.25, 0.3) is 0 Å². The molecule has 120 valence electrons. The van der Waals surface area contributed by atoms with Gasteiger partial charge in [-0.05, 0) is 35.9 Å². The maximum Gasteiger partial charge on any atom is 0.250 e. The highest BCUT2D eigenvalue weighted by atomic mass is 79.9. The third-order valence-corrected chi connectivity index (χ3v) is 4.46. The fraction of sp³-hybridized carbons (Fsp3) is 0. The highest BCUT2D eigenvalue weighted by molar-refractivity contribution is 9.10. The summed E-state index contributed by atoms with van der Waals surface area (Å²) < 4.78 is 13.8. The summed E-state index contributed by atoms with van der Waals surface area (Å²) in [6.07, 6.45) is 2.97. The molecule has 4 nitrogen and oxygen atoms in total. The largest absolute Gasteiger partial charge is 0.297 e. The molecule has 0 atom stereocenters. The Morgan fingerprint density at radius 3 is 2.50 bits per heavy atom. The van der Waals surface area contributed by atoms with Crippen LogP contribution in [-0.4, -0.2) is 16.1 Å². The van der Waals surface area contributed by atoms with Crippen molar-refractivity contribution in [2.75, 3.05) is 5.32 Å². The number of hydrogen-bond donors (Lipinski definition) is 1. The molecule has 3 rings (SSSR count). The molecular weight excluding hydrogens is 393 g/mol. The van der Waals surface area contributed by atoms with E-state index in [1.54, 1.807) is 18.2 Å². The van der Waals surface area contributed by atoms with Crippen molar-refractivity contribution in [2.24, 2.45) is 0 Å². The monoisotopic (exact) mass is 403 g/mol. The Morgan fingerprint density at radius 1 is 1.08 bits per heavy atom. The molecule has 24 heavy (non-hydrogen) atoms. The first-order valence-electron chi connectivity index (χ1n) is 6.94. The predicted octanol–water partition coefficient (Wildman–Crippen LogP) is 4.76. The zero-order valence-corrected chi connectivity index (χ0v) is 14.6. The summed E-state index contributed by atoms with van der Waals surface area (Å²) in [5.74, 6) is -0.635. The minimum absolute atomic E-state index is 0.314. The molecule has 1 aromatic heterocycles. The zero-order valence-electron chi connectivity index (χ0n) is 12.2. The summed E-state index contributed by atoms with van der Waals surface area (Å²) in [7, 11) is 0. The van der Waals surface area contributed by atoms with E-state index in [9.17, 15) is 9.18 Å². The summed E-state index contributed by atoms with van der Waals surface area (Å²) in [6.45, 7) is 0. The molecule has 7 heteroatoms. The van der Waals surface area contributed by atoms with Crippen molar-refractivity contribution in [1.29, 1.82) is 0 Å². The van der Waals surface area contributed by atoms with E-state index in [0.717, 1.165) is 20.6 Å². The molecule has 0 unspecified atom stereocenters. The normalized spacial score (nSPS) is 10.9. The van der Waals surface area contributed by atoms with Gasteiger partial charge in [0.2, 0.25) is 11.0 Å². The van der Waals surface area contributed by atoms with Crippen molar-refractivity contribution in [3.05, 3.63) is 70.5 Å². The fourth-order valence-electron chi connectivity index (χ4n) is 1.88. The van der Waals surface area contributed by atoms with Gasteiger partial charge in [0, 0.05) is 16.1 Å². The summed E-state index contributed by atoms with van der Waals surface area (Å²) in [5.41, 5.74) is 1.66. The number of aromatic nitrogens is 2. The lowest BCUT2D eigenvalue weighted by Crippen LogP contribution is -2.07. The molecule has 0 spiro atoms. The standard InChI is InChI=1S/C17H11BrFN3OS/c18-13-6-4-12(5-7-13)16-21-22-17(24-16)20-15(23)10-3-11-1-8-14(19)9-2-11/h1-10H,(H,20,22,23)/b10-3+. The molecule has 3 aromatic rings. The van der Waals surface area contributed by atoms with Crippen molar-refractivity contribution in [3.8, 4) is 10.6 Å². The lowest BCUT2D eigenvalue weighted by Gasteiger charge is -1.96. The van der Waals surface area contributed by atoms with Crippen molar-refractivity contribution in [1.82, 2.24) is 10.2 Å². The van der Waals surface area contributed by atoms with E-state index in [4.69, 9.17) is 0 Å². The van der Waals surface area contributed by atoms with Gasteiger partial charge in [0.1, 0.15) is 10.8 Å². The number of rotatable bonds is 4.